The van der Waals surface area contributed by atoms with Crippen LogP contribution in [0, 0.1) is 0 Å². The van der Waals surface area contributed by atoms with Gasteiger partial charge in [-0.3, -0.25) is 4.68 Å². The largest absolute Gasteiger partial charge is 0.314 e. The Kier molecular flexibility index (Phi) is 3.00. The van der Waals surface area contributed by atoms with E-state index in [0.717, 1.165) is 0 Å². The summed E-state index contributed by atoms with van der Waals surface area (Å²) in [6, 6.07) is 1.51. The molecule has 7 heteroatoms. The zero-order valence-corrected chi connectivity index (χ0v) is 10.2. The molecule has 1 aromatic rings. The summed E-state index contributed by atoms with van der Waals surface area (Å²) in [5, 5.41) is 7.32. The lowest BCUT2D eigenvalue weighted by molar-refractivity contribution is 0.282. The summed E-state index contributed by atoms with van der Waals surface area (Å²) < 4.78 is 27.6. The Morgan fingerprint density at radius 2 is 2.31 bits per heavy atom. The topological polar surface area (TPSA) is 67.2 Å². The van der Waals surface area contributed by atoms with Crippen molar-refractivity contribution in [2.45, 2.75) is 18.0 Å². The molecule has 0 bridgehead atoms. The van der Waals surface area contributed by atoms with Crippen LogP contribution >= 0.6 is 0 Å². The maximum Gasteiger partial charge on any atom is 0.260 e. The van der Waals surface area contributed by atoms with Crippen molar-refractivity contribution in [2.75, 3.05) is 19.6 Å². The van der Waals surface area contributed by atoms with E-state index in [2.05, 4.69) is 10.4 Å². The van der Waals surface area contributed by atoms with Crippen LogP contribution in [0.1, 0.15) is 6.92 Å². The number of sulfonamides is 1. The first kappa shape index (κ1) is 11.6. The molecule has 0 aromatic carbocycles. The third-order valence-electron chi connectivity index (χ3n) is 2.79. The zero-order chi connectivity index (χ0) is 11.8. The van der Waals surface area contributed by atoms with Crippen LogP contribution in [-0.4, -0.2) is 48.2 Å². The molecule has 1 fully saturated rings. The van der Waals surface area contributed by atoms with Crippen molar-refractivity contribution in [3.63, 3.8) is 0 Å². The van der Waals surface area contributed by atoms with Crippen LogP contribution in [-0.2, 0) is 17.1 Å². The number of hydrogen-bond acceptors (Lipinski definition) is 4. The fourth-order valence-electron chi connectivity index (χ4n) is 1.91. The molecular formula is C9H16N4O2S. The molecule has 1 saturated heterocycles. The minimum atomic E-state index is -3.40. The van der Waals surface area contributed by atoms with E-state index in [0.29, 0.717) is 19.6 Å². The lowest BCUT2D eigenvalue weighted by Crippen LogP contribution is -2.52. The highest BCUT2D eigenvalue weighted by Crippen LogP contribution is 2.17. The van der Waals surface area contributed by atoms with E-state index in [1.165, 1.54) is 21.3 Å². The van der Waals surface area contributed by atoms with E-state index in [9.17, 15) is 8.42 Å². The standard InChI is InChI=1S/C9H16N4O2S/c1-8-7-10-5-6-13(8)16(14,15)9-3-4-11-12(9)2/h3-4,8,10H,5-7H2,1-2H3. The van der Waals surface area contributed by atoms with Crippen molar-refractivity contribution in [3.8, 4) is 0 Å². The monoisotopic (exact) mass is 244 g/mol. The van der Waals surface area contributed by atoms with Gasteiger partial charge in [-0.2, -0.15) is 9.40 Å². The molecule has 1 N–H and O–H groups in total. The van der Waals surface area contributed by atoms with Crippen LogP contribution in [0.3, 0.4) is 0 Å². The second kappa shape index (κ2) is 4.15. The minimum Gasteiger partial charge on any atom is -0.314 e. The van der Waals surface area contributed by atoms with E-state index in [-0.39, 0.29) is 11.1 Å². The third kappa shape index (κ3) is 1.85. The molecule has 1 atom stereocenters. The molecule has 6 nitrogen and oxygen atoms in total. The Labute approximate surface area is 95.3 Å². The van der Waals surface area contributed by atoms with Crippen molar-refractivity contribution in [1.82, 2.24) is 19.4 Å². The quantitative estimate of drug-likeness (QED) is 0.754. The summed E-state index contributed by atoms with van der Waals surface area (Å²) >= 11 is 0. The van der Waals surface area contributed by atoms with Crippen LogP contribution in [0.25, 0.3) is 0 Å². The summed E-state index contributed by atoms with van der Waals surface area (Å²) in [4.78, 5) is 0. The number of aromatic nitrogens is 2. The van der Waals surface area contributed by atoms with Crippen LogP contribution in [0.2, 0.25) is 0 Å². The molecule has 90 valence electrons. The predicted molar refractivity (Wildman–Crippen MR) is 59.4 cm³/mol. The molecule has 16 heavy (non-hydrogen) atoms. The van der Waals surface area contributed by atoms with Gasteiger partial charge < -0.3 is 5.32 Å². The Morgan fingerprint density at radius 3 is 2.88 bits per heavy atom. The van der Waals surface area contributed by atoms with E-state index < -0.39 is 10.0 Å². The molecule has 1 aliphatic rings. The van der Waals surface area contributed by atoms with E-state index in [4.69, 9.17) is 0 Å². The van der Waals surface area contributed by atoms with Gasteiger partial charge in [0.2, 0.25) is 0 Å². The molecule has 1 aromatic heterocycles. The van der Waals surface area contributed by atoms with Crippen molar-refractivity contribution >= 4 is 10.0 Å². The zero-order valence-electron chi connectivity index (χ0n) is 9.42. The maximum atomic E-state index is 12.3. The van der Waals surface area contributed by atoms with Gasteiger partial charge >= 0.3 is 0 Å². The van der Waals surface area contributed by atoms with Gasteiger partial charge in [0.1, 0.15) is 0 Å². The summed E-state index contributed by atoms with van der Waals surface area (Å²) in [5.41, 5.74) is 0. The van der Waals surface area contributed by atoms with Crippen molar-refractivity contribution in [3.05, 3.63) is 12.3 Å². The molecule has 1 unspecified atom stereocenters. The van der Waals surface area contributed by atoms with Gasteiger partial charge in [0.15, 0.2) is 5.03 Å². The second-order valence-electron chi connectivity index (χ2n) is 3.96. The highest BCUT2D eigenvalue weighted by Gasteiger charge is 2.32. The number of hydrogen-bond donors (Lipinski definition) is 1. The fourth-order valence-corrected chi connectivity index (χ4v) is 3.65. The molecule has 0 spiro atoms. The summed E-state index contributed by atoms with van der Waals surface area (Å²) in [6.07, 6.45) is 1.50. The number of nitrogens with zero attached hydrogens (tertiary/aromatic N) is 3. The summed E-state index contributed by atoms with van der Waals surface area (Å²) in [6.45, 7) is 3.80. The Hall–Kier alpha value is -0.920. The molecule has 1 aliphatic heterocycles. The van der Waals surface area contributed by atoms with Crippen molar-refractivity contribution in [2.24, 2.45) is 7.05 Å². The Morgan fingerprint density at radius 1 is 1.56 bits per heavy atom. The van der Waals surface area contributed by atoms with Crippen LogP contribution < -0.4 is 5.32 Å². The van der Waals surface area contributed by atoms with E-state index in [1.54, 1.807) is 7.05 Å². The van der Waals surface area contributed by atoms with Gasteiger partial charge in [0, 0.05) is 32.7 Å². The lowest BCUT2D eigenvalue weighted by Gasteiger charge is -2.32. The van der Waals surface area contributed by atoms with Gasteiger partial charge in [-0.15, -0.1) is 0 Å². The van der Waals surface area contributed by atoms with Crippen molar-refractivity contribution < 1.29 is 8.42 Å². The second-order valence-corrected chi connectivity index (χ2v) is 5.80. The first-order valence-corrected chi connectivity index (χ1v) is 6.68. The summed E-state index contributed by atoms with van der Waals surface area (Å²) in [7, 11) is -1.77. The van der Waals surface area contributed by atoms with Gasteiger partial charge in [-0.05, 0) is 13.0 Å². The van der Waals surface area contributed by atoms with E-state index in [1.807, 2.05) is 6.92 Å². The van der Waals surface area contributed by atoms with Gasteiger partial charge in [-0.1, -0.05) is 0 Å². The molecule has 2 heterocycles. The predicted octanol–water partition coefficient (Wildman–Crippen LogP) is -0.597. The van der Waals surface area contributed by atoms with Gasteiger partial charge in [0.05, 0.1) is 6.20 Å². The number of nitrogens with one attached hydrogen (secondary N) is 1. The number of rotatable bonds is 2. The Balaban J connectivity index is 2.35. The minimum absolute atomic E-state index is 0.0198. The summed E-state index contributed by atoms with van der Waals surface area (Å²) in [5.74, 6) is 0. The fraction of sp³-hybridized carbons (Fsp3) is 0.667. The molecule has 0 radical (unpaired) electrons. The normalized spacial score (nSPS) is 23.5. The molecule has 0 amide bonds. The highest BCUT2D eigenvalue weighted by atomic mass is 32.2. The van der Waals surface area contributed by atoms with E-state index >= 15 is 0 Å². The van der Waals surface area contributed by atoms with Crippen LogP contribution in [0.4, 0.5) is 0 Å². The average molecular weight is 244 g/mol. The van der Waals surface area contributed by atoms with Gasteiger partial charge in [-0.25, -0.2) is 8.42 Å². The molecular weight excluding hydrogens is 228 g/mol. The first-order valence-electron chi connectivity index (χ1n) is 5.24. The third-order valence-corrected chi connectivity index (χ3v) is 4.88. The first-order chi connectivity index (χ1) is 7.53. The number of aryl methyl sites for hydroxylation is 1. The van der Waals surface area contributed by atoms with Gasteiger partial charge in [0.25, 0.3) is 10.0 Å². The molecule has 2 rings (SSSR count). The van der Waals surface area contributed by atoms with Crippen LogP contribution in [0.15, 0.2) is 17.3 Å². The average Bonchev–Trinajstić information content (AvgIpc) is 2.65. The molecule has 0 saturated carbocycles. The SMILES string of the molecule is CC1CNCCN1S(=O)(=O)c1ccnn1C. The highest BCUT2D eigenvalue weighted by molar-refractivity contribution is 7.89. The van der Waals surface area contributed by atoms with Crippen LogP contribution in [0.5, 0.6) is 0 Å². The Bertz CT molecular complexity index is 468. The van der Waals surface area contributed by atoms with Crippen molar-refractivity contribution in [1.29, 1.82) is 0 Å². The molecule has 0 aliphatic carbocycles. The maximum absolute atomic E-state index is 12.3. The number of piperazine rings is 1. The smallest absolute Gasteiger partial charge is 0.260 e. The lowest BCUT2D eigenvalue weighted by atomic mass is 10.3.